The zero-order valence-electron chi connectivity index (χ0n) is 14.3. The molecule has 0 aliphatic heterocycles. The third kappa shape index (κ3) is 3.85. The van der Waals surface area contributed by atoms with Crippen molar-refractivity contribution in [1.29, 1.82) is 5.26 Å². The van der Waals surface area contributed by atoms with Crippen LogP contribution in [0.2, 0.25) is 0 Å². The second-order valence-electron chi connectivity index (χ2n) is 5.78. The lowest BCUT2D eigenvalue weighted by atomic mass is 10.1. The van der Waals surface area contributed by atoms with Crippen molar-refractivity contribution in [3.05, 3.63) is 64.4 Å². The van der Waals surface area contributed by atoms with Crippen LogP contribution in [0.4, 0.5) is 0 Å². The van der Waals surface area contributed by atoms with E-state index >= 15 is 0 Å². The van der Waals surface area contributed by atoms with Gasteiger partial charge in [-0.2, -0.15) is 9.57 Å². The maximum absolute atomic E-state index is 12.7. The minimum absolute atomic E-state index is 0.109. The fourth-order valence-corrected chi connectivity index (χ4v) is 4.28. The topological polar surface area (TPSA) is 87.2 Å². The quantitative estimate of drug-likeness (QED) is 0.645. The molecule has 0 aliphatic carbocycles. The van der Waals surface area contributed by atoms with Gasteiger partial charge in [0.25, 0.3) is 0 Å². The predicted molar refractivity (Wildman–Crippen MR) is 99.8 cm³/mol. The first-order valence-electron chi connectivity index (χ1n) is 7.83. The molecular formula is C18H17N3O3S2. The van der Waals surface area contributed by atoms with Gasteiger partial charge in [0, 0.05) is 7.05 Å². The Hall–Kier alpha value is -2.47. The third-order valence-corrected chi connectivity index (χ3v) is 6.56. The Labute approximate surface area is 156 Å². The zero-order valence-corrected chi connectivity index (χ0v) is 16.0. The van der Waals surface area contributed by atoms with Crippen LogP contribution in [0, 0.1) is 18.3 Å². The molecule has 2 heterocycles. The maximum Gasteiger partial charge on any atom is 0.236 e. The minimum atomic E-state index is -3.60. The number of nitrogens with zero attached hydrogens (tertiary/aromatic N) is 3. The predicted octanol–water partition coefficient (Wildman–Crippen LogP) is 3.55. The highest BCUT2D eigenvalue weighted by atomic mass is 32.2. The van der Waals surface area contributed by atoms with Crippen molar-refractivity contribution in [3.8, 4) is 16.8 Å². The van der Waals surface area contributed by atoms with Crippen molar-refractivity contribution < 1.29 is 12.8 Å². The summed E-state index contributed by atoms with van der Waals surface area (Å²) in [5.74, 6) is 0.850. The Bertz CT molecular complexity index is 1050. The summed E-state index contributed by atoms with van der Waals surface area (Å²) in [4.78, 5) is 5.33. The van der Waals surface area contributed by atoms with Crippen molar-refractivity contribution in [2.75, 3.05) is 7.05 Å². The van der Waals surface area contributed by atoms with Crippen molar-refractivity contribution in [3.63, 3.8) is 0 Å². The van der Waals surface area contributed by atoms with E-state index < -0.39 is 10.0 Å². The highest BCUT2D eigenvalue weighted by molar-refractivity contribution is 7.88. The summed E-state index contributed by atoms with van der Waals surface area (Å²) in [6.07, 6.45) is 0. The van der Waals surface area contributed by atoms with E-state index in [1.165, 1.54) is 22.7 Å². The Morgan fingerprint density at radius 3 is 2.73 bits per heavy atom. The molecule has 0 fully saturated rings. The molecule has 0 unspecified atom stereocenters. The number of aromatic nitrogens is 1. The van der Waals surface area contributed by atoms with Crippen LogP contribution in [-0.2, 0) is 22.3 Å². The van der Waals surface area contributed by atoms with Crippen LogP contribution in [0.25, 0.3) is 10.8 Å². The zero-order chi connectivity index (χ0) is 18.7. The Balaban J connectivity index is 1.79. The monoisotopic (exact) mass is 387 g/mol. The number of hydrogen-bond acceptors (Lipinski definition) is 6. The number of benzene rings is 1. The molecule has 6 nitrogen and oxygen atoms in total. The lowest BCUT2D eigenvalue weighted by Gasteiger charge is -2.16. The summed E-state index contributed by atoms with van der Waals surface area (Å²) in [5.41, 5.74) is 1.42. The largest absolute Gasteiger partial charge is 0.440 e. The van der Waals surface area contributed by atoms with Crippen molar-refractivity contribution in [2.24, 2.45) is 0 Å². The Kier molecular flexibility index (Phi) is 5.23. The molecule has 0 atom stereocenters. The Morgan fingerprint density at radius 1 is 1.27 bits per heavy atom. The maximum atomic E-state index is 12.7. The molecule has 0 aliphatic rings. The van der Waals surface area contributed by atoms with Crippen LogP contribution in [0.3, 0.4) is 0 Å². The summed E-state index contributed by atoms with van der Waals surface area (Å²) < 4.78 is 32.3. The van der Waals surface area contributed by atoms with E-state index in [1.807, 2.05) is 23.6 Å². The minimum Gasteiger partial charge on any atom is -0.440 e. The standard InChI is InChI=1S/C18H17N3O3S2/c1-13-16(20-18(24-13)17-8-5-9-25-17)11-21(2)26(22,23)12-15-7-4-3-6-14(15)10-19/h3-9H,11-12H2,1-2H3. The molecule has 2 aromatic heterocycles. The van der Waals surface area contributed by atoms with Crippen LogP contribution in [0.15, 0.2) is 46.2 Å². The van der Waals surface area contributed by atoms with Crippen LogP contribution >= 0.6 is 11.3 Å². The molecule has 3 aromatic rings. The van der Waals surface area contributed by atoms with Gasteiger partial charge in [-0.25, -0.2) is 13.4 Å². The molecule has 3 rings (SSSR count). The normalized spacial score (nSPS) is 11.6. The third-order valence-electron chi connectivity index (χ3n) is 3.95. The summed E-state index contributed by atoms with van der Waals surface area (Å²) in [5, 5.41) is 11.1. The molecule has 0 saturated carbocycles. The average molecular weight is 387 g/mol. The highest BCUT2D eigenvalue weighted by Gasteiger charge is 2.23. The molecule has 0 spiro atoms. The van der Waals surface area contributed by atoms with Crippen LogP contribution in [-0.4, -0.2) is 24.8 Å². The summed E-state index contributed by atoms with van der Waals surface area (Å²) in [6, 6.07) is 12.5. The smallest absolute Gasteiger partial charge is 0.236 e. The second-order valence-corrected chi connectivity index (χ2v) is 8.80. The van der Waals surface area contributed by atoms with Gasteiger partial charge in [0.05, 0.1) is 34.5 Å². The van der Waals surface area contributed by atoms with Gasteiger partial charge in [-0.3, -0.25) is 0 Å². The van der Waals surface area contributed by atoms with Gasteiger partial charge >= 0.3 is 0 Å². The fourth-order valence-electron chi connectivity index (χ4n) is 2.45. The van der Waals surface area contributed by atoms with Gasteiger partial charge in [-0.05, 0) is 30.0 Å². The van der Waals surface area contributed by atoms with Crippen LogP contribution in [0.5, 0.6) is 0 Å². The van der Waals surface area contributed by atoms with Crippen LogP contribution < -0.4 is 0 Å². The van der Waals surface area contributed by atoms with Gasteiger partial charge in [0.2, 0.25) is 15.9 Å². The first kappa shape index (κ1) is 18.3. The molecule has 1 aromatic carbocycles. The van der Waals surface area contributed by atoms with Gasteiger partial charge in [0.15, 0.2) is 0 Å². The number of sulfonamides is 1. The fraction of sp³-hybridized carbons (Fsp3) is 0.222. The van der Waals surface area contributed by atoms with E-state index in [0.717, 1.165) is 4.88 Å². The van der Waals surface area contributed by atoms with Gasteiger partial charge in [-0.15, -0.1) is 11.3 Å². The van der Waals surface area contributed by atoms with Crippen molar-refractivity contribution in [1.82, 2.24) is 9.29 Å². The van der Waals surface area contributed by atoms with Crippen molar-refractivity contribution >= 4 is 21.4 Å². The van der Waals surface area contributed by atoms with Gasteiger partial charge in [0.1, 0.15) is 5.76 Å². The summed E-state index contributed by atoms with van der Waals surface area (Å²) in [7, 11) is -2.10. The molecule has 134 valence electrons. The van der Waals surface area contributed by atoms with Gasteiger partial charge in [-0.1, -0.05) is 24.3 Å². The lowest BCUT2D eigenvalue weighted by molar-refractivity contribution is 0.457. The first-order chi connectivity index (χ1) is 12.4. The number of oxazole rings is 1. The number of nitriles is 1. The van der Waals surface area contributed by atoms with E-state index in [-0.39, 0.29) is 12.3 Å². The molecule has 26 heavy (non-hydrogen) atoms. The lowest BCUT2D eigenvalue weighted by Crippen LogP contribution is -2.28. The van der Waals surface area contributed by atoms with E-state index in [9.17, 15) is 8.42 Å². The average Bonchev–Trinajstić information content (AvgIpc) is 3.25. The van der Waals surface area contributed by atoms with E-state index in [4.69, 9.17) is 9.68 Å². The van der Waals surface area contributed by atoms with E-state index in [2.05, 4.69) is 4.98 Å². The number of aryl methyl sites for hydroxylation is 1. The molecule has 0 bridgehead atoms. The number of hydrogen-bond donors (Lipinski definition) is 0. The SMILES string of the molecule is Cc1oc(-c2cccs2)nc1CN(C)S(=O)(=O)Cc1ccccc1C#N. The molecule has 0 N–H and O–H groups in total. The molecule has 0 radical (unpaired) electrons. The van der Waals surface area contributed by atoms with E-state index in [0.29, 0.717) is 28.5 Å². The number of thiophene rings is 1. The number of rotatable bonds is 6. The molecular weight excluding hydrogens is 370 g/mol. The first-order valence-corrected chi connectivity index (χ1v) is 10.3. The Morgan fingerprint density at radius 2 is 2.04 bits per heavy atom. The molecule has 8 heteroatoms. The van der Waals surface area contributed by atoms with Crippen LogP contribution in [0.1, 0.15) is 22.6 Å². The second kappa shape index (κ2) is 7.41. The van der Waals surface area contributed by atoms with Gasteiger partial charge < -0.3 is 4.42 Å². The molecule has 0 amide bonds. The highest BCUT2D eigenvalue weighted by Crippen LogP contribution is 2.26. The summed E-state index contributed by atoms with van der Waals surface area (Å²) >= 11 is 1.51. The molecule has 0 saturated heterocycles. The summed E-state index contributed by atoms with van der Waals surface area (Å²) in [6.45, 7) is 1.88. The van der Waals surface area contributed by atoms with E-state index in [1.54, 1.807) is 31.2 Å². The van der Waals surface area contributed by atoms with Crippen molar-refractivity contribution in [2.45, 2.75) is 19.2 Å².